The Morgan fingerprint density at radius 2 is 1.91 bits per heavy atom. The maximum absolute atomic E-state index is 13.6. The number of pyridine rings is 1. The molecule has 3 aliphatic heterocycles. The van der Waals surface area contributed by atoms with Gasteiger partial charge in [-0.25, -0.2) is 9.78 Å². The summed E-state index contributed by atoms with van der Waals surface area (Å²) in [7, 11) is 0. The third-order valence-corrected chi connectivity index (χ3v) is 6.84. The number of carbonyl (C=O) groups excluding carboxylic acids is 1. The number of piperidine rings is 1. The molecule has 32 heavy (non-hydrogen) atoms. The largest absolute Gasteiger partial charge is 0.393 e. The summed E-state index contributed by atoms with van der Waals surface area (Å²) in [4.78, 5) is 29.1. The van der Waals surface area contributed by atoms with Crippen molar-refractivity contribution in [2.45, 2.75) is 45.4 Å². The van der Waals surface area contributed by atoms with Crippen LogP contribution in [0.5, 0.6) is 0 Å². The van der Waals surface area contributed by atoms with E-state index in [9.17, 15) is 9.90 Å². The van der Waals surface area contributed by atoms with E-state index in [1.54, 1.807) is 9.80 Å². The fraction of sp³-hybridized carbons (Fsp3) is 0.458. The van der Waals surface area contributed by atoms with Crippen molar-refractivity contribution in [1.29, 1.82) is 0 Å². The average Bonchev–Trinajstić information content (AvgIpc) is 3.24. The lowest BCUT2D eigenvalue weighted by Gasteiger charge is -2.37. The zero-order valence-electron chi connectivity index (χ0n) is 18.4. The summed E-state index contributed by atoms with van der Waals surface area (Å²) in [5.74, 6) is 1.02. The van der Waals surface area contributed by atoms with E-state index in [2.05, 4.69) is 24.8 Å². The minimum Gasteiger partial charge on any atom is -0.393 e. The molecule has 2 aromatic rings. The smallest absolute Gasteiger partial charge is 0.330 e. The van der Waals surface area contributed by atoms with E-state index < -0.39 is 0 Å². The van der Waals surface area contributed by atoms with Crippen LogP contribution in [0.1, 0.15) is 37.9 Å². The molecule has 1 N–H and O–H groups in total. The number of nitrogens with zero attached hydrogens (tertiary/aromatic N) is 5. The van der Waals surface area contributed by atoms with Crippen molar-refractivity contribution in [2.24, 2.45) is 10.9 Å². The Morgan fingerprint density at radius 1 is 1.19 bits per heavy atom. The van der Waals surface area contributed by atoms with Crippen LogP contribution in [0.15, 0.2) is 41.5 Å². The maximum Gasteiger partial charge on any atom is 0.330 e. The number of amides is 2. The van der Waals surface area contributed by atoms with Crippen molar-refractivity contribution in [3.05, 3.63) is 52.8 Å². The molecule has 0 aliphatic carbocycles. The van der Waals surface area contributed by atoms with E-state index in [1.165, 1.54) is 0 Å². The summed E-state index contributed by atoms with van der Waals surface area (Å²) < 4.78 is 0. The number of fused-ring (bicyclic) bond motifs is 3. The minimum absolute atomic E-state index is 0.0673. The van der Waals surface area contributed by atoms with Gasteiger partial charge in [-0.2, -0.15) is 0 Å². The minimum atomic E-state index is -0.241. The summed E-state index contributed by atoms with van der Waals surface area (Å²) in [6.45, 7) is 6.82. The van der Waals surface area contributed by atoms with Crippen LogP contribution in [-0.2, 0) is 6.54 Å². The molecule has 168 valence electrons. The predicted molar refractivity (Wildman–Crippen MR) is 127 cm³/mol. The number of anilines is 2. The van der Waals surface area contributed by atoms with Crippen molar-refractivity contribution < 1.29 is 9.90 Å². The molecule has 5 rings (SSSR count). The number of aromatic nitrogens is 1. The van der Waals surface area contributed by atoms with Crippen LogP contribution in [0.2, 0.25) is 5.02 Å². The molecule has 0 radical (unpaired) electrons. The van der Waals surface area contributed by atoms with Crippen LogP contribution < -0.4 is 9.80 Å². The normalized spacial score (nSPS) is 21.2. The Hall–Kier alpha value is -2.64. The van der Waals surface area contributed by atoms with E-state index in [0.717, 1.165) is 48.6 Å². The summed E-state index contributed by atoms with van der Waals surface area (Å²) in [5.41, 5.74) is 3.51. The first kappa shape index (κ1) is 21.2. The molecule has 2 amide bonds. The highest BCUT2D eigenvalue weighted by Crippen LogP contribution is 2.36. The van der Waals surface area contributed by atoms with Gasteiger partial charge in [0.15, 0.2) is 5.84 Å². The van der Waals surface area contributed by atoms with Gasteiger partial charge in [0, 0.05) is 18.1 Å². The van der Waals surface area contributed by atoms with Crippen molar-refractivity contribution in [1.82, 2.24) is 9.88 Å². The van der Waals surface area contributed by atoms with Gasteiger partial charge in [0.25, 0.3) is 0 Å². The lowest BCUT2D eigenvalue weighted by molar-refractivity contribution is 0.145. The van der Waals surface area contributed by atoms with E-state index in [1.807, 2.05) is 30.5 Å². The van der Waals surface area contributed by atoms with Gasteiger partial charge in [0.1, 0.15) is 5.69 Å². The molecule has 1 fully saturated rings. The van der Waals surface area contributed by atoms with E-state index in [0.29, 0.717) is 29.9 Å². The number of aliphatic imine (C=N–C) groups is 1. The lowest BCUT2D eigenvalue weighted by Crippen LogP contribution is -2.50. The Kier molecular flexibility index (Phi) is 5.55. The molecular weight excluding hydrogens is 426 g/mol. The van der Waals surface area contributed by atoms with Gasteiger partial charge >= 0.3 is 6.03 Å². The van der Waals surface area contributed by atoms with E-state index in [-0.39, 0.29) is 18.2 Å². The number of halogens is 1. The van der Waals surface area contributed by atoms with Crippen LogP contribution in [0.25, 0.3) is 0 Å². The molecule has 3 aliphatic rings. The Morgan fingerprint density at radius 3 is 2.59 bits per heavy atom. The van der Waals surface area contributed by atoms with Crippen molar-refractivity contribution in [3.8, 4) is 0 Å². The SMILES string of the molecule is CC(C)C1CN2C(=O)N(Cc3ccc(Cl)cc3)c3cc(N4CCC(O)CC4)cnc3C2=N1. The van der Waals surface area contributed by atoms with Gasteiger partial charge in [-0.05, 0) is 42.5 Å². The molecule has 4 heterocycles. The number of aliphatic hydroxyl groups excluding tert-OH is 1. The number of hydrogen-bond acceptors (Lipinski definition) is 5. The fourth-order valence-electron chi connectivity index (χ4n) is 4.55. The van der Waals surface area contributed by atoms with Crippen LogP contribution in [-0.4, -0.2) is 58.6 Å². The highest BCUT2D eigenvalue weighted by atomic mass is 35.5. The second-order valence-electron chi connectivity index (χ2n) is 9.15. The molecule has 1 atom stereocenters. The van der Waals surface area contributed by atoms with Crippen LogP contribution in [0.4, 0.5) is 16.2 Å². The monoisotopic (exact) mass is 453 g/mol. The molecule has 7 nitrogen and oxygen atoms in total. The van der Waals surface area contributed by atoms with Gasteiger partial charge in [0.2, 0.25) is 0 Å². The van der Waals surface area contributed by atoms with Crippen LogP contribution in [0.3, 0.4) is 0 Å². The molecule has 0 spiro atoms. The molecular formula is C24H28ClN5O2. The maximum atomic E-state index is 13.6. The Labute approximate surface area is 193 Å². The summed E-state index contributed by atoms with van der Waals surface area (Å²) in [6, 6.07) is 9.64. The van der Waals surface area contributed by atoms with Crippen molar-refractivity contribution in [2.75, 3.05) is 29.4 Å². The molecule has 1 aromatic heterocycles. The number of aliphatic hydroxyl groups is 1. The van der Waals surface area contributed by atoms with Crippen molar-refractivity contribution >= 4 is 34.8 Å². The predicted octanol–water partition coefficient (Wildman–Crippen LogP) is 3.92. The van der Waals surface area contributed by atoms with Crippen LogP contribution >= 0.6 is 11.6 Å². The summed E-state index contributed by atoms with van der Waals surface area (Å²) in [5, 5.41) is 10.5. The average molecular weight is 454 g/mol. The van der Waals surface area contributed by atoms with E-state index in [4.69, 9.17) is 21.6 Å². The second-order valence-corrected chi connectivity index (χ2v) is 9.59. The lowest BCUT2D eigenvalue weighted by atomic mass is 10.1. The fourth-order valence-corrected chi connectivity index (χ4v) is 4.68. The highest BCUT2D eigenvalue weighted by Gasteiger charge is 2.42. The summed E-state index contributed by atoms with van der Waals surface area (Å²) in [6.07, 6.45) is 3.10. The number of amidine groups is 1. The van der Waals surface area contributed by atoms with Crippen molar-refractivity contribution in [3.63, 3.8) is 0 Å². The molecule has 1 saturated heterocycles. The topological polar surface area (TPSA) is 72.3 Å². The molecule has 1 unspecified atom stereocenters. The third-order valence-electron chi connectivity index (χ3n) is 6.58. The molecule has 1 aromatic carbocycles. The van der Waals surface area contributed by atoms with Gasteiger partial charge in [0.05, 0.1) is 42.8 Å². The third kappa shape index (κ3) is 3.84. The van der Waals surface area contributed by atoms with Crippen LogP contribution in [0, 0.1) is 5.92 Å². The highest BCUT2D eigenvalue weighted by molar-refractivity contribution is 6.30. The van der Waals surface area contributed by atoms with Gasteiger partial charge < -0.3 is 10.0 Å². The van der Waals surface area contributed by atoms with Gasteiger partial charge in [-0.1, -0.05) is 37.6 Å². The Bertz CT molecular complexity index is 1050. The van der Waals surface area contributed by atoms with Gasteiger partial charge in [-0.3, -0.25) is 14.8 Å². The molecule has 0 bridgehead atoms. The zero-order valence-corrected chi connectivity index (χ0v) is 19.2. The Balaban J connectivity index is 1.54. The summed E-state index contributed by atoms with van der Waals surface area (Å²) >= 11 is 6.06. The molecule has 8 heteroatoms. The quantitative estimate of drug-likeness (QED) is 0.761. The first-order valence-corrected chi connectivity index (χ1v) is 11.6. The number of hydrogen-bond donors (Lipinski definition) is 1. The number of benzene rings is 1. The number of rotatable bonds is 4. The first-order valence-electron chi connectivity index (χ1n) is 11.3. The standard InChI is InChI=1S/C24H28ClN5O2/c1-15(2)20-14-30-23(27-20)22-21(11-18(12-26-22)28-9-7-19(31)8-10-28)29(24(30)32)13-16-3-5-17(25)6-4-16/h3-6,11-12,15,19-20,31H,7-10,13-14H2,1-2H3. The zero-order chi connectivity index (χ0) is 22.4. The second kappa shape index (κ2) is 8.37. The first-order chi connectivity index (χ1) is 15.4. The molecule has 0 saturated carbocycles. The van der Waals surface area contributed by atoms with E-state index >= 15 is 0 Å². The van der Waals surface area contributed by atoms with Gasteiger partial charge in [-0.15, -0.1) is 0 Å². The number of urea groups is 1. The number of carbonyl (C=O) groups is 1.